The van der Waals surface area contributed by atoms with E-state index in [1.807, 2.05) is 6.92 Å². The van der Waals surface area contributed by atoms with Crippen LogP contribution in [0.1, 0.15) is 31.5 Å². The van der Waals surface area contributed by atoms with Gasteiger partial charge in [0.1, 0.15) is 5.82 Å². The van der Waals surface area contributed by atoms with Gasteiger partial charge in [-0.3, -0.25) is 0 Å². The van der Waals surface area contributed by atoms with E-state index in [-0.39, 0.29) is 6.10 Å². The van der Waals surface area contributed by atoms with Gasteiger partial charge in [-0.25, -0.2) is 4.98 Å². The van der Waals surface area contributed by atoms with Crippen molar-refractivity contribution in [2.24, 2.45) is 0 Å². The average Bonchev–Trinajstić information content (AvgIpc) is 2.56. The van der Waals surface area contributed by atoms with Gasteiger partial charge in [0.15, 0.2) is 0 Å². The number of aliphatic hydroxyl groups is 1. The van der Waals surface area contributed by atoms with Crippen LogP contribution in [0, 0.1) is 6.92 Å². The smallest absolute Gasteiger partial charge is 0.202 e. The van der Waals surface area contributed by atoms with Gasteiger partial charge in [-0.15, -0.1) is 0 Å². The molecule has 1 aromatic heterocycles. The zero-order chi connectivity index (χ0) is 9.97. The summed E-state index contributed by atoms with van der Waals surface area (Å²) in [5.74, 6) is 0.827. The number of anilines is 1. The summed E-state index contributed by atoms with van der Waals surface area (Å²) in [6.45, 7) is 1.90. The molecule has 1 saturated carbocycles. The van der Waals surface area contributed by atoms with Crippen LogP contribution in [-0.4, -0.2) is 26.6 Å². The number of hydrogen-bond donors (Lipinski definition) is 2. The number of hydrogen-bond acceptors (Lipinski definition) is 5. The highest BCUT2D eigenvalue weighted by molar-refractivity contribution is 7.09. The van der Waals surface area contributed by atoms with Crippen LogP contribution in [0.2, 0.25) is 0 Å². The van der Waals surface area contributed by atoms with E-state index < -0.39 is 0 Å². The molecule has 2 N–H and O–H groups in total. The molecule has 0 radical (unpaired) electrons. The van der Waals surface area contributed by atoms with Crippen LogP contribution in [0.25, 0.3) is 0 Å². The van der Waals surface area contributed by atoms with Gasteiger partial charge in [-0.2, -0.15) is 4.37 Å². The Kier molecular flexibility index (Phi) is 2.98. The van der Waals surface area contributed by atoms with Gasteiger partial charge in [0.2, 0.25) is 5.13 Å². The van der Waals surface area contributed by atoms with Gasteiger partial charge in [0.25, 0.3) is 0 Å². The lowest BCUT2D eigenvalue weighted by Gasteiger charge is -2.25. The van der Waals surface area contributed by atoms with Crippen molar-refractivity contribution in [3.63, 3.8) is 0 Å². The second-order valence-electron chi connectivity index (χ2n) is 3.80. The van der Waals surface area contributed by atoms with Gasteiger partial charge in [-0.1, -0.05) is 0 Å². The highest BCUT2D eigenvalue weighted by Crippen LogP contribution is 2.22. The van der Waals surface area contributed by atoms with E-state index in [4.69, 9.17) is 0 Å². The van der Waals surface area contributed by atoms with Crippen LogP contribution in [-0.2, 0) is 0 Å². The predicted molar refractivity (Wildman–Crippen MR) is 56.5 cm³/mol. The Morgan fingerprint density at radius 2 is 2.07 bits per heavy atom. The second-order valence-corrected chi connectivity index (χ2v) is 4.55. The average molecular weight is 213 g/mol. The number of nitrogens with zero attached hydrogens (tertiary/aromatic N) is 2. The Balaban J connectivity index is 1.86. The van der Waals surface area contributed by atoms with Crippen LogP contribution in [0.5, 0.6) is 0 Å². The summed E-state index contributed by atoms with van der Waals surface area (Å²) in [5.41, 5.74) is 0. The lowest BCUT2D eigenvalue weighted by molar-refractivity contribution is 0.126. The Labute approximate surface area is 87.5 Å². The molecule has 0 saturated heterocycles. The van der Waals surface area contributed by atoms with E-state index in [9.17, 15) is 5.11 Å². The van der Waals surface area contributed by atoms with Crippen molar-refractivity contribution in [1.29, 1.82) is 0 Å². The topological polar surface area (TPSA) is 58.0 Å². The third kappa shape index (κ3) is 2.42. The Morgan fingerprint density at radius 3 is 2.64 bits per heavy atom. The Morgan fingerprint density at radius 1 is 1.36 bits per heavy atom. The molecule has 14 heavy (non-hydrogen) atoms. The molecule has 0 aliphatic heterocycles. The van der Waals surface area contributed by atoms with Gasteiger partial charge >= 0.3 is 0 Å². The summed E-state index contributed by atoms with van der Waals surface area (Å²) in [6, 6.07) is 0.464. The van der Waals surface area contributed by atoms with E-state index in [2.05, 4.69) is 14.7 Å². The van der Waals surface area contributed by atoms with Crippen molar-refractivity contribution in [2.45, 2.75) is 44.8 Å². The Bertz CT molecular complexity index is 294. The van der Waals surface area contributed by atoms with Gasteiger partial charge in [0.05, 0.1) is 6.10 Å². The highest BCUT2D eigenvalue weighted by atomic mass is 32.1. The first kappa shape index (κ1) is 9.86. The first-order valence-electron chi connectivity index (χ1n) is 4.99. The third-order valence-corrected chi connectivity index (χ3v) is 3.29. The quantitative estimate of drug-likeness (QED) is 0.782. The minimum atomic E-state index is -0.0933. The summed E-state index contributed by atoms with van der Waals surface area (Å²) in [5, 5.41) is 13.6. The summed E-state index contributed by atoms with van der Waals surface area (Å²) in [7, 11) is 0. The highest BCUT2D eigenvalue weighted by Gasteiger charge is 2.19. The molecule has 1 aromatic rings. The maximum Gasteiger partial charge on any atom is 0.202 e. The van der Waals surface area contributed by atoms with Crippen molar-refractivity contribution in [3.05, 3.63) is 5.82 Å². The molecule has 4 nitrogen and oxygen atoms in total. The zero-order valence-electron chi connectivity index (χ0n) is 8.23. The number of aliphatic hydroxyl groups excluding tert-OH is 1. The molecule has 0 amide bonds. The third-order valence-electron chi connectivity index (χ3n) is 2.55. The molecular weight excluding hydrogens is 198 g/mol. The maximum absolute atomic E-state index is 9.34. The van der Waals surface area contributed by atoms with Crippen LogP contribution in [0.4, 0.5) is 5.13 Å². The number of aryl methyl sites for hydroxylation is 1. The van der Waals surface area contributed by atoms with Crippen molar-refractivity contribution in [2.75, 3.05) is 5.32 Å². The fraction of sp³-hybridized carbons (Fsp3) is 0.778. The van der Waals surface area contributed by atoms with Crippen molar-refractivity contribution >= 4 is 16.7 Å². The second kappa shape index (κ2) is 4.23. The summed E-state index contributed by atoms with van der Waals surface area (Å²) >= 11 is 1.41. The number of aromatic nitrogens is 2. The zero-order valence-corrected chi connectivity index (χ0v) is 9.05. The largest absolute Gasteiger partial charge is 0.393 e. The predicted octanol–water partition coefficient (Wildman–Crippen LogP) is 1.56. The van der Waals surface area contributed by atoms with E-state index in [0.29, 0.717) is 6.04 Å². The van der Waals surface area contributed by atoms with Crippen LogP contribution >= 0.6 is 11.5 Å². The molecule has 0 aromatic carbocycles. The van der Waals surface area contributed by atoms with E-state index in [1.165, 1.54) is 11.5 Å². The van der Waals surface area contributed by atoms with Crippen LogP contribution < -0.4 is 5.32 Å². The van der Waals surface area contributed by atoms with Gasteiger partial charge < -0.3 is 10.4 Å². The van der Waals surface area contributed by atoms with E-state index in [1.54, 1.807) is 0 Å². The summed E-state index contributed by atoms with van der Waals surface area (Å²) in [4.78, 5) is 4.26. The Hall–Kier alpha value is -0.680. The number of rotatable bonds is 2. The van der Waals surface area contributed by atoms with Crippen molar-refractivity contribution in [1.82, 2.24) is 9.36 Å². The summed E-state index contributed by atoms with van der Waals surface area (Å²) < 4.78 is 4.12. The lowest BCUT2D eigenvalue weighted by atomic mass is 9.93. The first-order chi connectivity index (χ1) is 6.74. The van der Waals surface area contributed by atoms with Crippen LogP contribution in [0.15, 0.2) is 0 Å². The summed E-state index contributed by atoms with van der Waals surface area (Å²) in [6.07, 6.45) is 3.76. The molecule has 0 atom stereocenters. The molecule has 1 aliphatic rings. The molecule has 1 aliphatic carbocycles. The van der Waals surface area contributed by atoms with Crippen molar-refractivity contribution in [3.8, 4) is 0 Å². The first-order valence-corrected chi connectivity index (χ1v) is 5.76. The molecule has 0 unspecified atom stereocenters. The van der Waals surface area contributed by atoms with Crippen LogP contribution in [0.3, 0.4) is 0 Å². The minimum Gasteiger partial charge on any atom is -0.393 e. The number of nitrogens with one attached hydrogen (secondary N) is 1. The fourth-order valence-corrected chi connectivity index (χ4v) is 2.40. The molecule has 1 fully saturated rings. The normalized spacial score (nSPS) is 27.6. The molecular formula is C9H15N3OS. The molecule has 0 bridgehead atoms. The monoisotopic (exact) mass is 213 g/mol. The molecule has 0 spiro atoms. The lowest BCUT2D eigenvalue weighted by Crippen LogP contribution is -2.28. The van der Waals surface area contributed by atoms with E-state index >= 15 is 0 Å². The van der Waals surface area contributed by atoms with E-state index in [0.717, 1.165) is 36.6 Å². The van der Waals surface area contributed by atoms with Gasteiger partial charge in [-0.05, 0) is 32.6 Å². The van der Waals surface area contributed by atoms with Gasteiger partial charge in [0, 0.05) is 17.6 Å². The SMILES string of the molecule is Cc1nsc(NC2CCC(O)CC2)n1. The molecule has 5 heteroatoms. The molecule has 1 heterocycles. The molecule has 78 valence electrons. The molecule has 2 rings (SSSR count). The maximum atomic E-state index is 9.34. The fourth-order valence-electron chi connectivity index (χ4n) is 1.75. The minimum absolute atomic E-state index is 0.0933. The van der Waals surface area contributed by atoms with Crippen molar-refractivity contribution < 1.29 is 5.11 Å². The standard InChI is InChI=1S/C9H15N3OS/c1-6-10-9(14-12-6)11-7-2-4-8(13)5-3-7/h7-8,13H,2-5H2,1H3,(H,10,11,12).